The van der Waals surface area contributed by atoms with Crippen molar-refractivity contribution in [3.05, 3.63) is 98.6 Å². The summed E-state index contributed by atoms with van der Waals surface area (Å²) in [5.41, 5.74) is 3.26. The summed E-state index contributed by atoms with van der Waals surface area (Å²) < 4.78 is 43.3. The minimum Gasteiger partial charge on any atom is -0.285 e. The Hall–Kier alpha value is -3.55. The fourth-order valence-corrected chi connectivity index (χ4v) is 5.29. The van der Waals surface area contributed by atoms with Gasteiger partial charge in [-0.1, -0.05) is 12.1 Å². The molecule has 180 valence electrons. The SMILES string of the molecule is Cc1cnc2cc([C@@H]3CC[C@@H](c4c(C)cccc4F)C3)c(=O)n(Cc3ncccc3C(F)F)c2n1. The lowest BCUT2D eigenvalue weighted by Gasteiger charge is -2.17. The maximum Gasteiger partial charge on any atom is 0.265 e. The quantitative estimate of drug-likeness (QED) is 0.354. The highest BCUT2D eigenvalue weighted by Crippen LogP contribution is 2.44. The van der Waals surface area contributed by atoms with Gasteiger partial charge in [0.2, 0.25) is 0 Å². The first kappa shape index (κ1) is 23.2. The summed E-state index contributed by atoms with van der Waals surface area (Å²) in [5, 5.41) is 0. The first-order valence-corrected chi connectivity index (χ1v) is 11.7. The number of hydrogen-bond acceptors (Lipinski definition) is 4. The Morgan fingerprint density at radius 2 is 1.89 bits per heavy atom. The lowest BCUT2D eigenvalue weighted by molar-refractivity contribution is 0.149. The van der Waals surface area contributed by atoms with Gasteiger partial charge in [0.15, 0.2) is 5.65 Å². The maximum atomic E-state index is 14.6. The van der Waals surface area contributed by atoms with E-state index in [2.05, 4.69) is 15.0 Å². The molecule has 5 nitrogen and oxygen atoms in total. The summed E-state index contributed by atoms with van der Waals surface area (Å²) in [6, 6.07) is 9.61. The number of aryl methyl sites for hydroxylation is 2. The van der Waals surface area contributed by atoms with Gasteiger partial charge in [-0.25, -0.2) is 18.2 Å². The van der Waals surface area contributed by atoms with Gasteiger partial charge in [0.25, 0.3) is 12.0 Å². The first-order chi connectivity index (χ1) is 16.8. The zero-order valence-electron chi connectivity index (χ0n) is 19.5. The lowest BCUT2D eigenvalue weighted by Crippen LogP contribution is -2.27. The van der Waals surface area contributed by atoms with Crippen LogP contribution < -0.4 is 5.56 Å². The van der Waals surface area contributed by atoms with E-state index in [1.165, 1.54) is 29.0 Å². The zero-order chi connectivity index (χ0) is 24.7. The normalized spacial score (nSPS) is 18.0. The third-order valence-corrected chi connectivity index (χ3v) is 6.96. The summed E-state index contributed by atoms with van der Waals surface area (Å²) in [5.74, 6) is -0.304. The summed E-state index contributed by atoms with van der Waals surface area (Å²) in [7, 11) is 0. The van der Waals surface area contributed by atoms with Crippen LogP contribution in [0.3, 0.4) is 0 Å². The van der Waals surface area contributed by atoms with Crippen LogP contribution in [-0.4, -0.2) is 19.5 Å². The Bertz CT molecular complexity index is 1450. The summed E-state index contributed by atoms with van der Waals surface area (Å²) in [6.07, 6.45) is 2.47. The number of nitrogens with zero attached hydrogens (tertiary/aromatic N) is 4. The van der Waals surface area contributed by atoms with Gasteiger partial charge in [-0.3, -0.25) is 19.3 Å². The third-order valence-electron chi connectivity index (χ3n) is 6.96. The number of pyridine rings is 2. The Morgan fingerprint density at radius 1 is 1.09 bits per heavy atom. The van der Waals surface area contributed by atoms with Gasteiger partial charge in [0, 0.05) is 23.5 Å². The van der Waals surface area contributed by atoms with E-state index >= 15 is 0 Å². The first-order valence-electron chi connectivity index (χ1n) is 11.7. The molecule has 0 unspecified atom stereocenters. The summed E-state index contributed by atoms with van der Waals surface area (Å²) in [4.78, 5) is 26.8. The highest BCUT2D eigenvalue weighted by Gasteiger charge is 2.32. The van der Waals surface area contributed by atoms with Crippen LogP contribution in [0, 0.1) is 19.7 Å². The number of rotatable bonds is 5. The summed E-state index contributed by atoms with van der Waals surface area (Å²) >= 11 is 0. The fraction of sp³-hybridized carbons (Fsp3) is 0.333. The number of halogens is 3. The molecule has 1 aliphatic rings. The van der Waals surface area contributed by atoms with Crippen LogP contribution >= 0.6 is 0 Å². The van der Waals surface area contributed by atoms with E-state index in [1.807, 2.05) is 13.0 Å². The van der Waals surface area contributed by atoms with Gasteiger partial charge in [0.1, 0.15) is 11.3 Å². The van der Waals surface area contributed by atoms with Crippen molar-refractivity contribution in [3.8, 4) is 0 Å². The van der Waals surface area contributed by atoms with Crippen molar-refractivity contribution in [1.82, 2.24) is 19.5 Å². The highest BCUT2D eigenvalue weighted by atomic mass is 19.3. The molecule has 3 aromatic heterocycles. The van der Waals surface area contributed by atoms with Crippen LogP contribution in [0.2, 0.25) is 0 Å². The van der Waals surface area contributed by atoms with E-state index in [4.69, 9.17) is 0 Å². The summed E-state index contributed by atoms with van der Waals surface area (Å²) in [6.45, 7) is 3.53. The Morgan fingerprint density at radius 3 is 2.66 bits per heavy atom. The van der Waals surface area contributed by atoms with Gasteiger partial charge in [-0.15, -0.1) is 0 Å². The molecule has 1 saturated carbocycles. The second-order valence-electron chi connectivity index (χ2n) is 9.23. The monoisotopic (exact) mass is 478 g/mol. The molecule has 0 amide bonds. The van der Waals surface area contributed by atoms with Gasteiger partial charge in [-0.05, 0) is 80.3 Å². The molecule has 3 heterocycles. The maximum absolute atomic E-state index is 14.6. The molecule has 0 bridgehead atoms. The zero-order valence-corrected chi connectivity index (χ0v) is 19.5. The van der Waals surface area contributed by atoms with Crippen LogP contribution in [0.1, 0.15) is 71.2 Å². The predicted molar refractivity (Wildman–Crippen MR) is 127 cm³/mol. The molecule has 4 aromatic rings. The minimum atomic E-state index is -2.71. The molecule has 0 aliphatic heterocycles. The van der Waals surface area contributed by atoms with Crippen molar-refractivity contribution < 1.29 is 13.2 Å². The van der Waals surface area contributed by atoms with E-state index in [1.54, 1.807) is 25.3 Å². The number of benzene rings is 1. The second-order valence-corrected chi connectivity index (χ2v) is 9.23. The molecule has 5 rings (SSSR count). The van der Waals surface area contributed by atoms with Crippen molar-refractivity contribution in [2.24, 2.45) is 0 Å². The van der Waals surface area contributed by atoms with Crippen molar-refractivity contribution in [2.45, 2.75) is 57.9 Å². The molecule has 2 atom stereocenters. The Kier molecular flexibility index (Phi) is 6.13. The van der Waals surface area contributed by atoms with Crippen LogP contribution in [0.25, 0.3) is 11.2 Å². The molecule has 8 heteroatoms. The van der Waals surface area contributed by atoms with E-state index in [-0.39, 0.29) is 41.0 Å². The topological polar surface area (TPSA) is 60.7 Å². The largest absolute Gasteiger partial charge is 0.285 e. The third kappa shape index (κ3) is 4.33. The molecular weight excluding hydrogens is 453 g/mol. The standard InChI is InChI=1S/C27H25F3N4O/c1-15-5-3-7-21(28)24(15)18-9-8-17(11-18)20-12-22-26(33-16(2)13-32-22)34(27(20)35)14-23-19(25(29)30)6-4-10-31-23/h3-7,10,12-13,17-18,25H,8-9,11,14H2,1-2H3/t17-,18-/m1/s1. The van der Waals surface area contributed by atoms with Gasteiger partial charge < -0.3 is 0 Å². The van der Waals surface area contributed by atoms with Crippen molar-refractivity contribution >= 4 is 11.2 Å². The molecule has 35 heavy (non-hydrogen) atoms. The average molecular weight is 479 g/mol. The number of alkyl halides is 2. The van der Waals surface area contributed by atoms with Crippen molar-refractivity contribution in [3.63, 3.8) is 0 Å². The molecule has 0 N–H and O–H groups in total. The van der Waals surface area contributed by atoms with E-state index in [0.29, 0.717) is 34.4 Å². The van der Waals surface area contributed by atoms with Gasteiger partial charge in [-0.2, -0.15) is 0 Å². The van der Waals surface area contributed by atoms with Crippen molar-refractivity contribution in [2.75, 3.05) is 0 Å². The van der Waals surface area contributed by atoms with Crippen molar-refractivity contribution in [1.29, 1.82) is 0 Å². The molecule has 1 aromatic carbocycles. The number of hydrogen-bond donors (Lipinski definition) is 0. The van der Waals surface area contributed by atoms with Gasteiger partial charge in [0.05, 0.1) is 17.9 Å². The fourth-order valence-electron chi connectivity index (χ4n) is 5.29. The lowest BCUT2D eigenvalue weighted by atomic mass is 9.90. The van der Waals surface area contributed by atoms with E-state index in [0.717, 1.165) is 18.4 Å². The Balaban J connectivity index is 1.59. The highest BCUT2D eigenvalue weighted by molar-refractivity contribution is 5.71. The number of aromatic nitrogens is 4. The second kappa shape index (κ2) is 9.24. The van der Waals surface area contributed by atoms with E-state index < -0.39 is 6.43 Å². The van der Waals surface area contributed by atoms with Crippen LogP contribution in [0.4, 0.5) is 13.2 Å². The molecule has 1 aliphatic carbocycles. The Labute approximate surface area is 200 Å². The number of fused-ring (bicyclic) bond motifs is 1. The molecule has 0 spiro atoms. The molecule has 0 radical (unpaired) electrons. The molecule has 1 fully saturated rings. The minimum absolute atomic E-state index is 0.00933. The van der Waals surface area contributed by atoms with E-state index in [9.17, 15) is 18.0 Å². The molecular formula is C27H25F3N4O. The predicted octanol–water partition coefficient (Wildman–Crippen LogP) is 5.98. The van der Waals surface area contributed by atoms with Crippen LogP contribution in [-0.2, 0) is 6.54 Å². The van der Waals surface area contributed by atoms with Crippen LogP contribution in [0.5, 0.6) is 0 Å². The van der Waals surface area contributed by atoms with Crippen LogP contribution in [0.15, 0.2) is 53.6 Å². The van der Waals surface area contributed by atoms with Gasteiger partial charge >= 0.3 is 0 Å². The molecule has 0 saturated heterocycles. The average Bonchev–Trinajstić information content (AvgIpc) is 3.30. The smallest absolute Gasteiger partial charge is 0.265 e.